The molecular formula is C16H13BrCl2N2. The van der Waals surface area contributed by atoms with Crippen molar-refractivity contribution in [1.29, 1.82) is 0 Å². The van der Waals surface area contributed by atoms with Crippen molar-refractivity contribution in [2.45, 2.75) is 19.2 Å². The highest BCUT2D eigenvalue weighted by Gasteiger charge is 2.17. The summed E-state index contributed by atoms with van der Waals surface area (Å²) in [6.45, 7) is 4.00. The summed E-state index contributed by atoms with van der Waals surface area (Å²) in [5.41, 5.74) is 4.09. The van der Waals surface area contributed by atoms with Crippen LogP contribution in [-0.4, -0.2) is 9.55 Å². The van der Waals surface area contributed by atoms with Crippen molar-refractivity contribution in [2.24, 2.45) is 0 Å². The summed E-state index contributed by atoms with van der Waals surface area (Å²) in [5, 5.41) is 0.479. The van der Waals surface area contributed by atoms with Gasteiger partial charge >= 0.3 is 0 Å². The number of alkyl halides is 1. The summed E-state index contributed by atoms with van der Waals surface area (Å²) in [5.74, 6) is 0.819. The highest BCUT2D eigenvalue weighted by molar-refractivity contribution is 9.10. The minimum Gasteiger partial charge on any atom is -0.295 e. The molecule has 0 aliphatic heterocycles. The smallest absolute Gasteiger partial charge is 0.132 e. The van der Waals surface area contributed by atoms with Crippen molar-refractivity contribution in [3.05, 3.63) is 57.3 Å². The lowest BCUT2D eigenvalue weighted by Gasteiger charge is -2.13. The van der Waals surface area contributed by atoms with Crippen molar-refractivity contribution in [1.82, 2.24) is 9.55 Å². The van der Waals surface area contributed by atoms with Crippen LogP contribution < -0.4 is 0 Å². The molecule has 0 radical (unpaired) electrons. The van der Waals surface area contributed by atoms with Crippen LogP contribution >= 0.6 is 39.1 Å². The molecule has 0 aliphatic carbocycles. The lowest BCUT2D eigenvalue weighted by Crippen LogP contribution is -2.03. The van der Waals surface area contributed by atoms with Gasteiger partial charge in [0.25, 0.3) is 0 Å². The van der Waals surface area contributed by atoms with Gasteiger partial charge in [0.1, 0.15) is 5.82 Å². The van der Waals surface area contributed by atoms with Gasteiger partial charge in [-0.2, -0.15) is 0 Å². The maximum atomic E-state index is 6.33. The molecule has 0 bridgehead atoms. The number of hydrogen-bond acceptors (Lipinski definition) is 1. The predicted molar refractivity (Wildman–Crippen MR) is 92.8 cm³/mol. The molecule has 0 spiro atoms. The number of benzene rings is 2. The second-order valence-corrected chi connectivity index (χ2v) is 6.99. The molecule has 108 valence electrons. The highest BCUT2D eigenvalue weighted by Crippen LogP contribution is 2.31. The van der Waals surface area contributed by atoms with E-state index in [0.717, 1.165) is 32.6 Å². The number of imidazole rings is 1. The third-order valence-electron chi connectivity index (χ3n) is 3.40. The second kappa shape index (κ2) is 5.64. The maximum Gasteiger partial charge on any atom is 0.132 e. The molecule has 1 aromatic heterocycles. The first kappa shape index (κ1) is 14.9. The Kier molecular flexibility index (Phi) is 4.00. The molecule has 0 aliphatic rings. The number of rotatable bonds is 2. The van der Waals surface area contributed by atoms with Crippen molar-refractivity contribution in [3.8, 4) is 5.69 Å². The van der Waals surface area contributed by atoms with Gasteiger partial charge in [-0.3, -0.25) is 4.57 Å². The number of hydrogen-bond donors (Lipinski definition) is 0. The average molecular weight is 384 g/mol. The minimum atomic E-state index is -0.195. The van der Waals surface area contributed by atoms with Crippen molar-refractivity contribution in [2.75, 3.05) is 0 Å². The number of nitrogens with zero attached hydrogens (tertiary/aromatic N) is 2. The summed E-state index contributed by atoms with van der Waals surface area (Å²) < 4.78 is 3.15. The van der Waals surface area contributed by atoms with Crippen LogP contribution in [0, 0.1) is 6.92 Å². The standard InChI is InChI=1S/C16H13BrCl2N2/c1-9-7-11(17)3-5-14(9)21-15-6-4-12(19)8-13(15)20-16(21)10(2)18/h3-8,10H,1-2H3. The van der Waals surface area contributed by atoms with E-state index in [9.17, 15) is 0 Å². The van der Waals surface area contributed by atoms with Gasteiger partial charge in [-0.25, -0.2) is 4.98 Å². The van der Waals surface area contributed by atoms with Crippen LogP contribution in [0.2, 0.25) is 5.02 Å². The Hall–Kier alpha value is -1.03. The molecule has 0 saturated carbocycles. The van der Waals surface area contributed by atoms with E-state index in [1.54, 1.807) is 0 Å². The molecule has 2 nitrogen and oxygen atoms in total. The van der Waals surface area contributed by atoms with Gasteiger partial charge in [0.05, 0.1) is 22.1 Å². The fourth-order valence-corrected chi connectivity index (χ4v) is 3.25. The second-order valence-electron chi connectivity index (χ2n) is 4.99. The first-order valence-corrected chi connectivity index (χ1v) is 8.16. The van der Waals surface area contributed by atoms with E-state index in [1.807, 2.05) is 31.2 Å². The van der Waals surface area contributed by atoms with Gasteiger partial charge in [0.2, 0.25) is 0 Å². The molecule has 0 fully saturated rings. The summed E-state index contributed by atoms with van der Waals surface area (Å²) in [6, 6.07) is 11.9. The first-order valence-electron chi connectivity index (χ1n) is 6.56. The maximum absolute atomic E-state index is 6.33. The normalized spacial score (nSPS) is 12.8. The third-order valence-corrected chi connectivity index (χ3v) is 4.32. The van der Waals surface area contributed by atoms with Crippen molar-refractivity contribution in [3.63, 3.8) is 0 Å². The Balaban J connectivity index is 2.36. The van der Waals surface area contributed by atoms with Gasteiger partial charge in [-0.05, 0) is 55.8 Å². The number of aromatic nitrogens is 2. The summed E-state index contributed by atoms with van der Waals surface area (Å²) in [4.78, 5) is 4.65. The monoisotopic (exact) mass is 382 g/mol. The van der Waals surface area contributed by atoms with E-state index in [2.05, 4.69) is 44.5 Å². The molecule has 0 saturated heterocycles. The highest BCUT2D eigenvalue weighted by atomic mass is 79.9. The first-order chi connectivity index (χ1) is 9.97. The van der Waals surface area contributed by atoms with E-state index < -0.39 is 0 Å². The average Bonchev–Trinajstić information content (AvgIpc) is 2.77. The topological polar surface area (TPSA) is 17.8 Å². The fraction of sp³-hybridized carbons (Fsp3) is 0.188. The molecule has 1 heterocycles. The van der Waals surface area contributed by atoms with E-state index in [1.165, 1.54) is 0 Å². The van der Waals surface area contributed by atoms with E-state index in [-0.39, 0.29) is 5.38 Å². The van der Waals surface area contributed by atoms with Crippen LogP contribution in [0.3, 0.4) is 0 Å². The minimum absolute atomic E-state index is 0.195. The van der Waals surface area contributed by atoms with Crippen LogP contribution in [-0.2, 0) is 0 Å². The van der Waals surface area contributed by atoms with E-state index >= 15 is 0 Å². The Bertz CT molecular complexity index is 825. The largest absolute Gasteiger partial charge is 0.295 e. The van der Waals surface area contributed by atoms with Crippen LogP contribution in [0.5, 0.6) is 0 Å². The zero-order valence-corrected chi connectivity index (χ0v) is 14.7. The van der Waals surface area contributed by atoms with E-state index in [4.69, 9.17) is 23.2 Å². The number of aryl methyl sites for hydroxylation is 1. The summed E-state index contributed by atoms with van der Waals surface area (Å²) in [6.07, 6.45) is 0. The predicted octanol–water partition coefficient (Wildman–Crippen LogP) is 6.05. The zero-order chi connectivity index (χ0) is 15.1. The molecule has 5 heteroatoms. The molecule has 2 aromatic carbocycles. The molecule has 0 amide bonds. The van der Waals surface area contributed by atoms with Crippen LogP contribution in [0.25, 0.3) is 16.7 Å². The van der Waals surface area contributed by atoms with Crippen molar-refractivity contribution < 1.29 is 0 Å². The quantitative estimate of drug-likeness (QED) is 0.492. The SMILES string of the molecule is Cc1cc(Br)ccc1-n1c(C(C)Cl)nc2cc(Cl)ccc21. The lowest BCUT2D eigenvalue weighted by molar-refractivity contribution is 0.878. The molecular weight excluding hydrogens is 371 g/mol. The van der Waals surface area contributed by atoms with Crippen LogP contribution in [0.4, 0.5) is 0 Å². The third kappa shape index (κ3) is 2.70. The summed E-state index contributed by atoms with van der Waals surface area (Å²) in [7, 11) is 0. The lowest BCUT2D eigenvalue weighted by atomic mass is 10.2. The van der Waals surface area contributed by atoms with Gasteiger partial charge in [-0.1, -0.05) is 27.5 Å². The Morgan fingerprint density at radius 2 is 1.95 bits per heavy atom. The van der Waals surface area contributed by atoms with Gasteiger partial charge < -0.3 is 0 Å². The molecule has 0 N–H and O–H groups in total. The number of fused-ring (bicyclic) bond motifs is 1. The molecule has 1 unspecified atom stereocenters. The zero-order valence-electron chi connectivity index (χ0n) is 11.6. The summed E-state index contributed by atoms with van der Waals surface area (Å²) >= 11 is 15.9. The van der Waals surface area contributed by atoms with Gasteiger partial charge in [0.15, 0.2) is 0 Å². The molecule has 1 atom stereocenters. The fourth-order valence-electron chi connectivity index (χ4n) is 2.46. The van der Waals surface area contributed by atoms with Crippen LogP contribution in [0.15, 0.2) is 40.9 Å². The number of halogens is 3. The molecule has 3 aromatic rings. The molecule has 3 rings (SSSR count). The Morgan fingerprint density at radius 3 is 2.62 bits per heavy atom. The molecule has 21 heavy (non-hydrogen) atoms. The van der Waals surface area contributed by atoms with Gasteiger partial charge in [0, 0.05) is 9.50 Å². The van der Waals surface area contributed by atoms with Gasteiger partial charge in [-0.15, -0.1) is 11.6 Å². The Morgan fingerprint density at radius 1 is 1.19 bits per heavy atom. The van der Waals surface area contributed by atoms with Crippen LogP contribution in [0.1, 0.15) is 23.7 Å². The van der Waals surface area contributed by atoms with Crippen molar-refractivity contribution >= 4 is 50.2 Å². The Labute approximate surface area is 141 Å². The van der Waals surface area contributed by atoms with E-state index in [0.29, 0.717) is 5.02 Å².